The summed E-state index contributed by atoms with van der Waals surface area (Å²) in [5, 5.41) is 26.0. The first-order valence-electron chi connectivity index (χ1n) is 11.4. The van der Waals surface area contributed by atoms with E-state index in [9.17, 15) is 10.2 Å². The highest BCUT2D eigenvalue weighted by molar-refractivity contribution is 5.55. The van der Waals surface area contributed by atoms with Gasteiger partial charge in [-0.15, -0.1) is 0 Å². The van der Waals surface area contributed by atoms with Gasteiger partial charge in [0.05, 0.1) is 17.6 Å². The molecule has 3 heterocycles. The first kappa shape index (κ1) is 23.5. The highest BCUT2D eigenvalue weighted by Crippen LogP contribution is 2.50. The van der Waals surface area contributed by atoms with Gasteiger partial charge in [-0.25, -0.2) is 0 Å². The molecule has 1 unspecified atom stereocenters. The number of nitrogens with zero attached hydrogens (tertiary/aromatic N) is 4. The van der Waals surface area contributed by atoms with Gasteiger partial charge in [0.25, 0.3) is 5.89 Å². The monoisotopic (exact) mass is 450 g/mol. The van der Waals surface area contributed by atoms with Crippen LogP contribution in [-0.4, -0.2) is 57.0 Å². The van der Waals surface area contributed by atoms with Crippen molar-refractivity contribution in [1.29, 1.82) is 0 Å². The minimum atomic E-state index is -1.24. The summed E-state index contributed by atoms with van der Waals surface area (Å²) >= 11 is 0. The predicted molar refractivity (Wildman–Crippen MR) is 127 cm³/mol. The molecule has 0 radical (unpaired) electrons. The fraction of sp³-hybridized carbons (Fsp3) is 0.500. The molecule has 3 aromatic rings. The van der Waals surface area contributed by atoms with Gasteiger partial charge in [0.2, 0.25) is 0 Å². The zero-order valence-corrected chi connectivity index (χ0v) is 20.3. The normalized spacial score (nSPS) is 18.2. The largest absolute Gasteiger partial charge is 0.395 e. The molecule has 33 heavy (non-hydrogen) atoms. The number of rotatable bonds is 7. The summed E-state index contributed by atoms with van der Waals surface area (Å²) in [6, 6.07) is 10.1. The van der Waals surface area contributed by atoms with E-state index in [1.807, 2.05) is 32.0 Å². The molecule has 4 rings (SSSR count). The topological polar surface area (TPSA) is 95.5 Å². The first-order valence-corrected chi connectivity index (χ1v) is 11.4. The Morgan fingerprint density at radius 2 is 1.79 bits per heavy atom. The van der Waals surface area contributed by atoms with Crippen LogP contribution in [0.15, 0.2) is 47.2 Å². The second-order valence-electron chi connectivity index (χ2n) is 10.6. The molecule has 176 valence electrons. The van der Waals surface area contributed by atoms with E-state index in [4.69, 9.17) is 4.52 Å². The van der Waals surface area contributed by atoms with E-state index in [0.29, 0.717) is 28.8 Å². The number of likely N-dealkylation sites (tertiary alicyclic amines) is 1. The third-order valence-electron chi connectivity index (χ3n) is 6.94. The van der Waals surface area contributed by atoms with Gasteiger partial charge in [-0.3, -0.25) is 4.98 Å². The lowest BCUT2D eigenvalue weighted by molar-refractivity contribution is -0.127. The maximum absolute atomic E-state index is 12.4. The average molecular weight is 451 g/mol. The van der Waals surface area contributed by atoms with Crippen LogP contribution in [-0.2, 0) is 11.0 Å². The van der Waals surface area contributed by atoms with Crippen LogP contribution in [0, 0.1) is 5.41 Å². The lowest BCUT2D eigenvalue weighted by Crippen LogP contribution is -2.63. The second kappa shape index (κ2) is 8.31. The van der Waals surface area contributed by atoms with Crippen LogP contribution in [0.3, 0.4) is 0 Å². The Balaban J connectivity index is 1.79. The Morgan fingerprint density at radius 3 is 2.36 bits per heavy atom. The SMILES string of the molecule is CC(C)c1ccc(C(O)(c2cncc(-c3nc(C(C)(C)CO)no3)c2)C2(C)CN(C)C2)cc1. The molecule has 0 aliphatic carbocycles. The first-order chi connectivity index (χ1) is 15.5. The van der Waals surface area contributed by atoms with Gasteiger partial charge in [-0.2, -0.15) is 4.98 Å². The van der Waals surface area contributed by atoms with E-state index in [0.717, 1.165) is 18.7 Å². The predicted octanol–water partition coefficient (Wildman–Crippen LogP) is 3.71. The molecule has 7 nitrogen and oxygen atoms in total. The summed E-state index contributed by atoms with van der Waals surface area (Å²) in [5.41, 5.74) is 1.15. The molecule has 1 aliphatic rings. The Hall–Kier alpha value is -2.61. The Kier molecular flexibility index (Phi) is 5.93. The molecule has 7 heteroatoms. The van der Waals surface area contributed by atoms with Gasteiger partial charge >= 0.3 is 0 Å². The Labute approximate surface area is 195 Å². The van der Waals surface area contributed by atoms with Gasteiger partial charge in [-0.1, -0.05) is 64.0 Å². The molecule has 0 bridgehead atoms. The maximum Gasteiger partial charge on any atom is 0.259 e. The Morgan fingerprint density at radius 1 is 1.12 bits per heavy atom. The van der Waals surface area contributed by atoms with Gasteiger partial charge in [-0.05, 0) is 30.2 Å². The number of benzene rings is 1. The third kappa shape index (κ3) is 3.98. The molecule has 0 spiro atoms. The zero-order chi connectivity index (χ0) is 24.0. The van der Waals surface area contributed by atoms with Gasteiger partial charge in [0.15, 0.2) is 5.82 Å². The molecular formula is C26H34N4O3. The molecule has 2 aromatic heterocycles. The minimum absolute atomic E-state index is 0.0950. The molecule has 1 saturated heterocycles. The lowest BCUT2D eigenvalue weighted by atomic mass is 9.62. The van der Waals surface area contributed by atoms with Crippen LogP contribution in [0.25, 0.3) is 11.5 Å². The number of pyridine rings is 1. The van der Waals surface area contributed by atoms with E-state index >= 15 is 0 Å². The van der Waals surface area contributed by atoms with Crippen molar-refractivity contribution in [2.45, 2.75) is 51.6 Å². The van der Waals surface area contributed by atoms with Crippen LogP contribution >= 0.6 is 0 Å². The summed E-state index contributed by atoms with van der Waals surface area (Å²) in [6.07, 6.45) is 3.38. The second-order valence-corrected chi connectivity index (χ2v) is 10.6. The fourth-order valence-corrected chi connectivity index (χ4v) is 4.79. The molecule has 1 fully saturated rings. The van der Waals surface area contributed by atoms with Crippen LogP contribution in [0.1, 0.15) is 63.1 Å². The highest BCUT2D eigenvalue weighted by Gasteiger charge is 2.55. The third-order valence-corrected chi connectivity index (χ3v) is 6.94. The van der Waals surface area contributed by atoms with E-state index in [1.165, 1.54) is 5.56 Å². The molecule has 2 N–H and O–H groups in total. The number of hydrogen-bond donors (Lipinski definition) is 2. The molecule has 1 aromatic carbocycles. The van der Waals surface area contributed by atoms with Crippen molar-refractivity contribution in [2.24, 2.45) is 5.41 Å². The molecule has 0 amide bonds. The quantitative estimate of drug-likeness (QED) is 0.566. The van der Waals surface area contributed by atoms with Crippen molar-refractivity contribution >= 4 is 0 Å². The summed E-state index contributed by atoms with van der Waals surface area (Å²) < 4.78 is 5.50. The number of hydrogen-bond acceptors (Lipinski definition) is 7. The average Bonchev–Trinajstić information content (AvgIpc) is 3.29. The van der Waals surface area contributed by atoms with Crippen LogP contribution < -0.4 is 0 Å². The lowest BCUT2D eigenvalue weighted by Gasteiger charge is -2.55. The van der Waals surface area contributed by atoms with Gasteiger partial charge < -0.3 is 19.6 Å². The number of aliphatic hydroxyl groups is 2. The minimum Gasteiger partial charge on any atom is -0.395 e. The maximum atomic E-state index is 12.4. The standard InChI is InChI=1S/C26H34N4O3/c1-17(2)18-7-9-20(10-8-18)26(32,25(5)14-30(6)15-25)21-11-19(12-27-13-21)22-28-23(29-33-22)24(3,4)16-31/h7-13,17,31-32H,14-16H2,1-6H3. The summed E-state index contributed by atoms with van der Waals surface area (Å²) in [7, 11) is 2.06. The van der Waals surface area contributed by atoms with Crippen LogP contribution in [0.5, 0.6) is 0 Å². The van der Waals surface area contributed by atoms with Crippen molar-refractivity contribution in [3.8, 4) is 11.5 Å². The van der Waals surface area contributed by atoms with Crippen molar-refractivity contribution in [3.63, 3.8) is 0 Å². The summed E-state index contributed by atoms with van der Waals surface area (Å²) in [4.78, 5) is 11.1. The van der Waals surface area contributed by atoms with E-state index in [-0.39, 0.29) is 12.0 Å². The van der Waals surface area contributed by atoms with Gasteiger partial charge in [0.1, 0.15) is 5.60 Å². The Bertz CT molecular complexity index is 1120. The van der Waals surface area contributed by atoms with Crippen molar-refractivity contribution in [2.75, 3.05) is 26.7 Å². The molecular weight excluding hydrogens is 416 g/mol. The smallest absolute Gasteiger partial charge is 0.259 e. The van der Waals surface area contributed by atoms with E-state index in [1.54, 1.807) is 12.4 Å². The van der Waals surface area contributed by atoms with Gasteiger partial charge in [0, 0.05) is 36.5 Å². The highest BCUT2D eigenvalue weighted by atomic mass is 16.5. The van der Waals surface area contributed by atoms with E-state index < -0.39 is 11.0 Å². The summed E-state index contributed by atoms with van der Waals surface area (Å²) in [6.45, 7) is 11.6. The number of aromatic nitrogens is 3. The van der Waals surface area contributed by atoms with Crippen molar-refractivity contribution < 1.29 is 14.7 Å². The van der Waals surface area contributed by atoms with Crippen LogP contribution in [0.4, 0.5) is 0 Å². The molecule has 1 aliphatic heterocycles. The molecule has 1 atom stereocenters. The van der Waals surface area contributed by atoms with E-state index in [2.05, 4.69) is 60.0 Å². The summed E-state index contributed by atoms with van der Waals surface area (Å²) in [5.74, 6) is 1.16. The fourth-order valence-electron chi connectivity index (χ4n) is 4.79. The zero-order valence-electron chi connectivity index (χ0n) is 20.3. The van der Waals surface area contributed by atoms with Crippen molar-refractivity contribution in [1.82, 2.24) is 20.0 Å². The number of aliphatic hydroxyl groups excluding tert-OH is 1. The van der Waals surface area contributed by atoms with Crippen LogP contribution in [0.2, 0.25) is 0 Å². The van der Waals surface area contributed by atoms with Crippen molar-refractivity contribution in [3.05, 3.63) is 65.2 Å². The molecule has 0 saturated carbocycles.